The van der Waals surface area contributed by atoms with Gasteiger partial charge in [0.25, 0.3) is 0 Å². The van der Waals surface area contributed by atoms with Gasteiger partial charge in [0.2, 0.25) is 10.0 Å². The summed E-state index contributed by atoms with van der Waals surface area (Å²) in [6.45, 7) is 1.93. The molecule has 0 saturated carbocycles. The van der Waals surface area contributed by atoms with Gasteiger partial charge >= 0.3 is 5.97 Å². The zero-order chi connectivity index (χ0) is 15.0. The fourth-order valence-corrected chi connectivity index (χ4v) is 2.52. The summed E-state index contributed by atoms with van der Waals surface area (Å²) in [5.41, 5.74) is 1.46. The van der Waals surface area contributed by atoms with Gasteiger partial charge in [-0.05, 0) is 18.1 Å². The lowest BCUT2D eigenvalue weighted by molar-refractivity contribution is -0.142. The van der Waals surface area contributed by atoms with E-state index in [1.54, 1.807) is 31.2 Å². The Balaban J connectivity index is 2.48. The first kappa shape index (κ1) is 16.6. The number of nitrogens with one attached hydrogen (secondary N) is 1. The van der Waals surface area contributed by atoms with Crippen LogP contribution >= 0.6 is 0 Å². The molecule has 0 aliphatic carbocycles. The smallest absolute Gasteiger partial charge is 0.306 e. The van der Waals surface area contributed by atoms with Gasteiger partial charge in [0.15, 0.2) is 0 Å². The van der Waals surface area contributed by atoms with E-state index in [1.807, 2.05) is 0 Å². The maximum Gasteiger partial charge on any atom is 0.306 e. The SMILES string of the molecule is CCOC(=O)CCS(=O)(=O)NCc1cccc(CO)c1. The summed E-state index contributed by atoms with van der Waals surface area (Å²) >= 11 is 0. The maximum absolute atomic E-state index is 11.7. The normalized spacial score (nSPS) is 11.3. The zero-order valence-electron chi connectivity index (χ0n) is 11.3. The van der Waals surface area contributed by atoms with Crippen molar-refractivity contribution in [3.05, 3.63) is 35.4 Å². The Labute approximate surface area is 118 Å². The summed E-state index contributed by atoms with van der Waals surface area (Å²) < 4.78 is 30.5. The third-order valence-electron chi connectivity index (χ3n) is 2.55. The lowest BCUT2D eigenvalue weighted by atomic mass is 10.1. The molecule has 112 valence electrons. The van der Waals surface area contributed by atoms with E-state index >= 15 is 0 Å². The highest BCUT2D eigenvalue weighted by Crippen LogP contribution is 2.05. The van der Waals surface area contributed by atoms with Crippen LogP contribution in [-0.4, -0.2) is 31.9 Å². The fraction of sp³-hybridized carbons (Fsp3) is 0.462. The highest BCUT2D eigenvalue weighted by Gasteiger charge is 2.13. The highest BCUT2D eigenvalue weighted by molar-refractivity contribution is 7.89. The van der Waals surface area contributed by atoms with Gasteiger partial charge < -0.3 is 9.84 Å². The minimum atomic E-state index is -3.53. The van der Waals surface area contributed by atoms with E-state index in [9.17, 15) is 13.2 Å². The first-order chi connectivity index (χ1) is 9.46. The predicted molar refractivity (Wildman–Crippen MR) is 74.2 cm³/mol. The average molecular weight is 301 g/mol. The molecule has 0 fully saturated rings. The van der Waals surface area contributed by atoms with Crippen molar-refractivity contribution < 1.29 is 23.1 Å². The van der Waals surface area contributed by atoms with E-state index in [0.717, 1.165) is 5.56 Å². The molecule has 0 amide bonds. The number of aliphatic hydroxyl groups is 1. The third kappa shape index (κ3) is 6.14. The molecular formula is C13H19NO5S. The number of hydrogen-bond acceptors (Lipinski definition) is 5. The number of sulfonamides is 1. The summed E-state index contributed by atoms with van der Waals surface area (Å²) in [7, 11) is -3.53. The number of carbonyl (C=O) groups is 1. The molecule has 0 heterocycles. The molecule has 0 aliphatic heterocycles. The molecule has 1 aromatic rings. The van der Waals surface area contributed by atoms with Crippen LogP contribution in [0.4, 0.5) is 0 Å². The first-order valence-electron chi connectivity index (χ1n) is 6.28. The van der Waals surface area contributed by atoms with Crippen LogP contribution < -0.4 is 4.72 Å². The second kappa shape index (κ2) is 7.98. The Bertz CT molecular complexity index is 541. The molecule has 0 saturated heterocycles. The Kier molecular flexibility index (Phi) is 6.63. The molecule has 0 aromatic heterocycles. The van der Waals surface area contributed by atoms with Crippen LogP contribution in [0, 0.1) is 0 Å². The number of esters is 1. The second-order valence-corrected chi connectivity index (χ2v) is 6.10. The van der Waals surface area contributed by atoms with Crippen LogP contribution in [0.25, 0.3) is 0 Å². The number of hydrogen-bond donors (Lipinski definition) is 2. The molecule has 0 radical (unpaired) electrons. The zero-order valence-corrected chi connectivity index (χ0v) is 12.1. The molecule has 6 nitrogen and oxygen atoms in total. The van der Waals surface area contributed by atoms with Crippen LogP contribution in [0.5, 0.6) is 0 Å². The summed E-state index contributed by atoms with van der Waals surface area (Å²) in [6.07, 6.45) is -0.167. The summed E-state index contributed by atoms with van der Waals surface area (Å²) in [5, 5.41) is 9.00. The van der Waals surface area contributed by atoms with E-state index in [1.165, 1.54) is 0 Å². The second-order valence-electron chi connectivity index (χ2n) is 4.17. The Morgan fingerprint density at radius 2 is 2.05 bits per heavy atom. The Hall–Kier alpha value is -1.44. The monoisotopic (exact) mass is 301 g/mol. The largest absolute Gasteiger partial charge is 0.466 e. The number of aliphatic hydroxyl groups excluding tert-OH is 1. The van der Waals surface area contributed by atoms with Crippen molar-refractivity contribution in [2.75, 3.05) is 12.4 Å². The van der Waals surface area contributed by atoms with Gasteiger partial charge in [-0.25, -0.2) is 13.1 Å². The Morgan fingerprint density at radius 3 is 2.70 bits per heavy atom. The van der Waals surface area contributed by atoms with E-state index in [-0.39, 0.29) is 31.9 Å². The summed E-state index contributed by atoms with van der Waals surface area (Å²) in [6, 6.07) is 6.97. The molecule has 7 heteroatoms. The predicted octanol–water partition coefficient (Wildman–Crippen LogP) is 0.551. The van der Waals surface area contributed by atoms with Gasteiger partial charge in [-0.2, -0.15) is 0 Å². The number of rotatable bonds is 8. The fourth-order valence-electron chi connectivity index (χ4n) is 1.55. The van der Waals surface area contributed by atoms with Crippen LogP contribution in [0.1, 0.15) is 24.5 Å². The minimum Gasteiger partial charge on any atom is -0.466 e. The van der Waals surface area contributed by atoms with Crippen LogP contribution in [-0.2, 0) is 32.7 Å². The van der Waals surface area contributed by atoms with Crippen molar-refractivity contribution in [2.24, 2.45) is 0 Å². The topological polar surface area (TPSA) is 92.7 Å². The first-order valence-corrected chi connectivity index (χ1v) is 7.93. The van der Waals surface area contributed by atoms with Gasteiger partial charge in [-0.3, -0.25) is 4.79 Å². The minimum absolute atomic E-state index is 0.0938. The van der Waals surface area contributed by atoms with Gasteiger partial charge in [-0.1, -0.05) is 24.3 Å². The summed E-state index contributed by atoms with van der Waals surface area (Å²) in [5.74, 6) is -0.828. The Morgan fingerprint density at radius 1 is 1.35 bits per heavy atom. The van der Waals surface area contributed by atoms with Crippen molar-refractivity contribution in [1.29, 1.82) is 0 Å². The van der Waals surface area contributed by atoms with Crippen LogP contribution in [0.3, 0.4) is 0 Å². The van der Waals surface area contributed by atoms with Crippen molar-refractivity contribution in [3.63, 3.8) is 0 Å². The highest BCUT2D eigenvalue weighted by atomic mass is 32.2. The van der Waals surface area contributed by atoms with Gasteiger partial charge in [0.1, 0.15) is 0 Å². The number of benzene rings is 1. The average Bonchev–Trinajstić information content (AvgIpc) is 2.44. The molecule has 1 rings (SSSR count). The molecule has 20 heavy (non-hydrogen) atoms. The molecule has 0 aliphatic rings. The molecule has 0 bridgehead atoms. The molecule has 0 spiro atoms. The number of carbonyl (C=O) groups excluding carboxylic acids is 1. The number of ether oxygens (including phenoxy) is 1. The van der Waals surface area contributed by atoms with Crippen LogP contribution in [0.15, 0.2) is 24.3 Å². The molecule has 1 aromatic carbocycles. The standard InChI is InChI=1S/C13H19NO5S/c1-2-19-13(16)6-7-20(17,18)14-9-11-4-3-5-12(8-11)10-15/h3-5,8,14-15H,2,6-7,9-10H2,1H3. The van der Waals surface area contributed by atoms with E-state index < -0.39 is 16.0 Å². The molecule has 0 atom stereocenters. The lowest BCUT2D eigenvalue weighted by Gasteiger charge is -2.07. The van der Waals surface area contributed by atoms with Gasteiger partial charge in [0.05, 0.1) is 25.4 Å². The third-order valence-corrected chi connectivity index (χ3v) is 3.88. The summed E-state index contributed by atoms with van der Waals surface area (Å²) in [4.78, 5) is 11.1. The quantitative estimate of drug-likeness (QED) is 0.684. The van der Waals surface area contributed by atoms with Gasteiger partial charge in [-0.15, -0.1) is 0 Å². The van der Waals surface area contributed by atoms with E-state index in [4.69, 9.17) is 5.11 Å². The van der Waals surface area contributed by atoms with Crippen LogP contribution in [0.2, 0.25) is 0 Å². The van der Waals surface area contributed by atoms with Crippen molar-refractivity contribution in [3.8, 4) is 0 Å². The van der Waals surface area contributed by atoms with Crippen molar-refractivity contribution in [1.82, 2.24) is 4.72 Å². The maximum atomic E-state index is 11.7. The van der Waals surface area contributed by atoms with Crippen molar-refractivity contribution in [2.45, 2.75) is 26.5 Å². The molecular weight excluding hydrogens is 282 g/mol. The molecule has 2 N–H and O–H groups in total. The van der Waals surface area contributed by atoms with Crippen molar-refractivity contribution >= 4 is 16.0 Å². The molecule has 0 unspecified atom stereocenters. The van der Waals surface area contributed by atoms with E-state index in [2.05, 4.69) is 9.46 Å². The van der Waals surface area contributed by atoms with Gasteiger partial charge in [0, 0.05) is 6.54 Å². The van der Waals surface area contributed by atoms with E-state index in [0.29, 0.717) is 5.56 Å². The lowest BCUT2D eigenvalue weighted by Crippen LogP contribution is -2.27.